The van der Waals surface area contributed by atoms with Gasteiger partial charge in [0.2, 0.25) is 5.91 Å². The van der Waals surface area contributed by atoms with Crippen LogP contribution in [0.5, 0.6) is 0 Å². The van der Waals surface area contributed by atoms with Gasteiger partial charge in [-0.1, -0.05) is 37.6 Å². The Bertz CT molecular complexity index is 360. The number of rotatable bonds is 4. The summed E-state index contributed by atoms with van der Waals surface area (Å²) >= 11 is 5.83. The summed E-state index contributed by atoms with van der Waals surface area (Å²) in [6.07, 6.45) is 0. The SMILES string of the molecule is CC(C)(CNC(=O)CN)c1ccc(Cl)cc1. The minimum absolute atomic E-state index is 0.0245. The highest BCUT2D eigenvalue weighted by Crippen LogP contribution is 2.23. The van der Waals surface area contributed by atoms with Crippen molar-refractivity contribution in [3.05, 3.63) is 34.9 Å². The van der Waals surface area contributed by atoms with Crippen LogP contribution in [0.2, 0.25) is 5.02 Å². The topological polar surface area (TPSA) is 55.1 Å². The predicted octanol–water partition coefficient (Wildman–Crippen LogP) is 1.69. The number of nitrogens with one attached hydrogen (secondary N) is 1. The summed E-state index contributed by atoms with van der Waals surface area (Å²) in [5.74, 6) is -0.137. The third kappa shape index (κ3) is 3.51. The molecule has 0 aliphatic heterocycles. The van der Waals surface area contributed by atoms with Crippen molar-refractivity contribution in [3.63, 3.8) is 0 Å². The van der Waals surface area contributed by atoms with Gasteiger partial charge in [-0.2, -0.15) is 0 Å². The average Bonchev–Trinajstić information content (AvgIpc) is 2.26. The standard InChI is InChI=1S/C12H17ClN2O/c1-12(2,8-15-11(16)7-14)9-3-5-10(13)6-4-9/h3-6H,7-8,14H2,1-2H3,(H,15,16). The summed E-state index contributed by atoms with van der Waals surface area (Å²) in [4.78, 5) is 11.1. The van der Waals surface area contributed by atoms with E-state index in [0.29, 0.717) is 11.6 Å². The van der Waals surface area contributed by atoms with Gasteiger partial charge in [-0.3, -0.25) is 4.79 Å². The fourth-order valence-corrected chi connectivity index (χ4v) is 1.52. The first kappa shape index (κ1) is 13.0. The van der Waals surface area contributed by atoms with Gasteiger partial charge in [-0.15, -0.1) is 0 Å². The van der Waals surface area contributed by atoms with Crippen molar-refractivity contribution >= 4 is 17.5 Å². The molecule has 1 rings (SSSR count). The van der Waals surface area contributed by atoms with E-state index in [4.69, 9.17) is 17.3 Å². The predicted molar refractivity (Wildman–Crippen MR) is 66.5 cm³/mol. The maximum absolute atomic E-state index is 11.1. The molecule has 1 aromatic rings. The number of amides is 1. The number of nitrogens with two attached hydrogens (primary N) is 1. The molecule has 1 aromatic carbocycles. The molecule has 0 atom stereocenters. The van der Waals surface area contributed by atoms with Gasteiger partial charge in [0.1, 0.15) is 0 Å². The van der Waals surface area contributed by atoms with Crippen LogP contribution in [-0.4, -0.2) is 19.0 Å². The molecule has 3 N–H and O–H groups in total. The van der Waals surface area contributed by atoms with Gasteiger partial charge < -0.3 is 11.1 Å². The third-order valence-electron chi connectivity index (χ3n) is 2.54. The smallest absolute Gasteiger partial charge is 0.233 e. The zero-order valence-electron chi connectivity index (χ0n) is 9.59. The van der Waals surface area contributed by atoms with Crippen LogP contribution < -0.4 is 11.1 Å². The maximum atomic E-state index is 11.1. The molecule has 0 bridgehead atoms. The Morgan fingerprint density at radius 3 is 2.44 bits per heavy atom. The molecule has 1 amide bonds. The van der Waals surface area contributed by atoms with Crippen molar-refractivity contribution in [2.24, 2.45) is 5.73 Å². The summed E-state index contributed by atoms with van der Waals surface area (Å²) in [5.41, 5.74) is 6.23. The van der Waals surface area contributed by atoms with E-state index in [1.807, 2.05) is 24.3 Å². The Labute approximate surface area is 101 Å². The second-order valence-electron chi connectivity index (χ2n) is 4.37. The fraction of sp³-hybridized carbons (Fsp3) is 0.417. The van der Waals surface area contributed by atoms with Crippen molar-refractivity contribution < 1.29 is 4.79 Å². The van der Waals surface area contributed by atoms with Crippen LogP contribution in [0.1, 0.15) is 19.4 Å². The summed E-state index contributed by atoms with van der Waals surface area (Å²) in [6, 6.07) is 7.64. The molecular formula is C12H17ClN2O. The number of hydrogen-bond donors (Lipinski definition) is 2. The van der Waals surface area contributed by atoms with Gasteiger partial charge in [-0.05, 0) is 17.7 Å². The van der Waals surface area contributed by atoms with E-state index in [1.165, 1.54) is 0 Å². The number of carbonyl (C=O) groups excluding carboxylic acids is 1. The summed E-state index contributed by atoms with van der Waals surface area (Å²) in [5, 5.41) is 3.50. The second kappa shape index (κ2) is 5.32. The third-order valence-corrected chi connectivity index (χ3v) is 2.79. The number of hydrogen-bond acceptors (Lipinski definition) is 2. The van der Waals surface area contributed by atoms with E-state index in [0.717, 1.165) is 5.56 Å². The zero-order chi connectivity index (χ0) is 12.2. The second-order valence-corrected chi connectivity index (χ2v) is 4.81. The monoisotopic (exact) mass is 240 g/mol. The Morgan fingerprint density at radius 1 is 1.38 bits per heavy atom. The van der Waals surface area contributed by atoms with Crippen molar-refractivity contribution in [2.75, 3.05) is 13.1 Å². The van der Waals surface area contributed by atoms with Crippen LogP contribution in [0.4, 0.5) is 0 Å². The Balaban J connectivity index is 2.69. The zero-order valence-corrected chi connectivity index (χ0v) is 10.3. The molecule has 0 saturated carbocycles. The van der Waals surface area contributed by atoms with E-state index in [9.17, 15) is 4.79 Å². The molecule has 16 heavy (non-hydrogen) atoms. The van der Waals surface area contributed by atoms with Gasteiger partial charge in [0.15, 0.2) is 0 Å². The molecule has 0 aliphatic rings. The normalized spacial score (nSPS) is 11.2. The highest BCUT2D eigenvalue weighted by atomic mass is 35.5. The van der Waals surface area contributed by atoms with Crippen molar-refractivity contribution in [3.8, 4) is 0 Å². The first-order chi connectivity index (χ1) is 7.45. The number of halogens is 1. The van der Waals surface area contributed by atoms with E-state index < -0.39 is 0 Å². The molecule has 88 valence electrons. The molecule has 4 heteroatoms. The van der Waals surface area contributed by atoms with Gasteiger partial charge in [0, 0.05) is 17.0 Å². The van der Waals surface area contributed by atoms with Crippen molar-refractivity contribution in [2.45, 2.75) is 19.3 Å². The maximum Gasteiger partial charge on any atom is 0.233 e. The summed E-state index contributed by atoms with van der Waals surface area (Å²) in [7, 11) is 0. The van der Waals surface area contributed by atoms with Gasteiger partial charge >= 0.3 is 0 Å². The van der Waals surface area contributed by atoms with Crippen LogP contribution in [0.3, 0.4) is 0 Å². The molecule has 0 heterocycles. The molecular weight excluding hydrogens is 224 g/mol. The quantitative estimate of drug-likeness (QED) is 0.842. The average molecular weight is 241 g/mol. The van der Waals surface area contributed by atoms with Crippen LogP contribution in [0.25, 0.3) is 0 Å². The Hall–Kier alpha value is -1.06. The summed E-state index contributed by atoms with van der Waals surface area (Å²) < 4.78 is 0. The van der Waals surface area contributed by atoms with Crippen molar-refractivity contribution in [1.29, 1.82) is 0 Å². The van der Waals surface area contributed by atoms with E-state index in [1.54, 1.807) is 0 Å². The molecule has 0 aliphatic carbocycles. The summed E-state index contributed by atoms with van der Waals surface area (Å²) in [6.45, 7) is 4.71. The lowest BCUT2D eigenvalue weighted by atomic mass is 9.84. The van der Waals surface area contributed by atoms with E-state index >= 15 is 0 Å². The molecule has 0 saturated heterocycles. The fourth-order valence-electron chi connectivity index (χ4n) is 1.39. The minimum atomic E-state index is -0.137. The Kier molecular flexibility index (Phi) is 4.33. The molecule has 0 aromatic heterocycles. The largest absolute Gasteiger partial charge is 0.354 e. The van der Waals surface area contributed by atoms with E-state index in [2.05, 4.69) is 19.2 Å². The molecule has 0 radical (unpaired) electrons. The van der Waals surface area contributed by atoms with Gasteiger partial charge in [-0.25, -0.2) is 0 Å². The van der Waals surface area contributed by atoms with Gasteiger partial charge in [0.25, 0.3) is 0 Å². The van der Waals surface area contributed by atoms with Crippen LogP contribution >= 0.6 is 11.6 Å². The molecule has 0 spiro atoms. The lowest BCUT2D eigenvalue weighted by molar-refractivity contribution is -0.119. The molecule has 0 fully saturated rings. The molecule has 3 nitrogen and oxygen atoms in total. The first-order valence-corrected chi connectivity index (χ1v) is 5.56. The highest BCUT2D eigenvalue weighted by molar-refractivity contribution is 6.30. The molecule has 0 unspecified atom stereocenters. The highest BCUT2D eigenvalue weighted by Gasteiger charge is 2.20. The van der Waals surface area contributed by atoms with E-state index in [-0.39, 0.29) is 17.9 Å². The lowest BCUT2D eigenvalue weighted by Gasteiger charge is -2.25. The van der Waals surface area contributed by atoms with Gasteiger partial charge in [0.05, 0.1) is 6.54 Å². The van der Waals surface area contributed by atoms with Crippen molar-refractivity contribution in [1.82, 2.24) is 5.32 Å². The van der Waals surface area contributed by atoms with Crippen LogP contribution in [-0.2, 0) is 10.2 Å². The van der Waals surface area contributed by atoms with Crippen LogP contribution in [0, 0.1) is 0 Å². The lowest BCUT2D eigenvalue weighted by Crippen LogP contribution is -2.39. The van der Waals surface area contributed by atoms with Crippen LogP contribution in [0.15, 0.2) is 24.3 Å². The number of benzene rings is 1. The minimum Gasteiger partial charge on any atom is -0.354 e. The Morgan fingerprint density at radius 2 is 1.94 bits per heavy atom. The first-order valence-electron chi connectivity index (χ1n) is 5.18. The number of carbonyl (C=O) groups is 1.